The van der Waals surface area contributed by atoms with Gasteiger partial charge in [0.05, 0.1) is 5.92 Å². The number of aromatic nitrogens is 2. The van der Waals surface area contributed by atoms with Crippen LogP contribution in [0.1, 0.15) is 49.5 Å². The second-order valence-corrected chi connectivity index (χ2v) is 5.54. The number of benzene rings is 1. The van der Waals surface area contributed by atoms with Crippen molar-refractivity contribution in [2.45, 2.75) is 40.0 Å². The van der Waals surface area contributed by atoms with Crippen LogP contribution in [0.25, 0.3) is 0 Å². The van der Waals surface area contributed by atoms with Gasteiger partial charge in [0.15, 0.2) is 5.82 Å². The summed E-state index contributed by atoms with van der Waals surface area (Å²) in [6.07, 6.45) is 0.618. The predicted octanol–water partition coefficient (Wildman–Crippen LogP) is 3.30. The third-order valence-electron chi connectivity index (χ3n) is 3.34. The van der Waals surface area contributed by atoms with Crippen molar-refractivity contribution < 1.29 is 9.32 Å². The lowest BCUT2D eigenvalue weighted by molar-refractivity contribution is -0.119. The van der Waals surface area contributed by atoms with Gasteiger partial charge in [0.1, 0.15) is 5.78 Å². The molecule has 0 N–H and O–H groups in total. The molecule has 1 aromatic carbocycles. The number of hydrogen-bond acceptors (Lipinski definition) is 4. The first kappa shape index (κ1) is 14.4. The molecule has 2 rings (SSSR count). The Labute approximate surface area is 119 Å². The average Bonchev–Trinajstić information content (AvgIpc) is 2.79. The second-order valence-electron chi connectivity index (χ2n) is 5.54. The monoisotopic (exact) mass is 272 g/mol. The lowest BCUT2D eigenvalue weighted by Gasteiger charge is -2.12. The van der Waals surface area contributed by atoms with Crippen molar-refractivity contribution in [1.29, 1.82) is 0 Å². The maximum absolute atomic E-state index is 11.7. The minimum atomic E-state index is -0.311. The van der Waals surface area contributed by atoms with Gasteiger partial charge < -0.3 is 4.52 Å². The molecule has 0 spiro atoms. The fourth-order valence-corrected chi connectivity index (χ4v) is 2.28. The summed E-state index contributed by atoms with van der Waals surface area (Å²) in [5, 5.41) is 3.98. The number of carbonyl (C=O) groups is 1. The smallest absolute Gasteiger partial charge is 0.237 e. The molecule has 20 heavy (non-hydrogen) atoms. The minimum Gasteiger partial charge on any atom is -0.339 e. The van der Waals surface area contributed by atoms with Gasteiger partial charge in [0.2, 0.25) is 5.89 Å². The molecule has 1 heterocycles. The molecule has 0 saturated heterocycles. The Balaban J connectivity index is 2.16. The summed E-state index contributed by atoms with van der Waals surface area (Å²) in [6, 6.07) is 8.22. The standard InChI is InChI=1S/C16H20N2O2/c1-10(2)15(12(4)19)16-17-14(18-20-16)9-13-7-5-11(3)6-8-13/h5-8,10,15H,9H2,1-4H3. The number of aryl methyl sites for hydroxylation is 1. The van der Waals surface area contributed by atoms with Crippen LogP contribution in [0.15, 0.2) is 28.8 Å². The van der Waals surface area contributed by atoms with E-state index < -0.39 is 0 Å². The number of Topliss-reactive ketones (excluding diaryl/α,β-unsaturated/α-hetero) is 1. The predicted molar refractivity (Wildman–Crippen MR) is 76.5 cm³/mol. The molecule has 0 aliphatic carbocycles. The Kier molecular flexibility index (Phi) is 4.32. The van der Waals surface area contributed by atoms with Crippen LogP contribution in [0.5, 0.6) is 0 Å². The van der Waals surface area contributed by atoms with Crippen molar-refractivity contribution >= 4 is 5.78 Å². The van der Waals surface area contributed by atoms with Gasteiger partial charge in [0, 0.05) is 6.42 Å². The van der Waals surface area contributed by atoms with Crippen molar-refractivity contribution in [3.8, 4) is 0 Å². The van der Waals surface area contributed by atoms with Crippen LogP contribution in [-0.4, -0.2) is 15.9 Å². The highest BCUT2D eigenvalue weighted by Gasteiger charge is 2.26. The summed E-state index contributed by atoms with van der Waals surface area (Å²) in [4.78, 5) is 16.0. The third kappa shape index (κ3) is 3.32. The lowest BCUT2D eigenvalue weighted by Crippen LogP contribution is -2.15. The third-order valence-corrected chi connectivity index (χ3v) is 3.34. The van der Waals surface area contributed by atoms with E-state index in [0.717, 1.165) is 5.56 Å². The molecule has 1 atom stereocenters. The summed E-state index contributed by atoms with van der Waals surface area (Å²) in [5.41, 5.74) is 2.35. The molecular formula is C16H20N2O2. The Morgan fingerprint density at radius 1 is 1.25 bits per heavy atom. The maximum Gasteiger partial charge on any atom is 0.237 e. The number of hydrogen-bond donors (Lipinski definition) is 0. The van der Waals surface area contributed by atoms with Gasteiger partial charge in [-0.3, -0.25) is 4.79 Å². The van der Waals surface area contributed by atoms with Crippen molar-refractivity contribution in [2.24, 2.45) is 5.92 Å². The number of nitrogens with zero attached hydrogens (tertiary/aromatic N) is 2. The van der Waals surface area contributed by atoms with Crippen molar-refractivity contribution in [3.05, 3.63) is 47.1 Å². The van der Waals surface area contributed by atoms with Crippen LogP contribution in [0.3, 0.4) is 0 Å². The SMILES string of the molecule is CC(=O)C(c1nc(Cc2ccc(C)cc2)no1)C(C)C. The molecule has 4 nitrogen and oxygen atoms in total. The molecule has 0 aliphatic heterocycles. The van der Waals surface area contributed by atoms with Gasteiger partial charge in [-0.2, -0.15) is 4.98 Å². The maximum atomic E-state index is 11.7. The van der Waals surface area contributed by atoms with Crippen molar-refractivity contribution in [2.75, 3.05) is 0 Å². The molecule has 106 valence electrons. The Bertz CT molecular complexity index is 585. The molecule has 0 fully saturated rings. The first-order chi connectivity index (χ1) is 9.47. The van der Waals surface area contributed by atoms with Gasteiger partial charge >= 0.3 is 0 Å². The van der Waals surface area contributed by atoms with Crippen LogP contribution in [-0.2, 0) is 11.2 Å². The van der Waals surface area contributed by atoms with E-state index in [1.807, 2.05) is 13.8 Å². The molecule has 0 amide bonds. The highest BCUT2D eigenvalue weighted by Crippen LogP contribution is 2.24. The fourth-order valence-electron chi connectivity index (χ4n) is 2.28. The van der Waals surface area contributed by atoms with Gasteiger partial charge in [-0.15, -0.1) is 0 Å². The Hall–Kier alpha value is -1.97. The van der Waals surface area contributed by atoms with Gasteiger partial charge in [-0.05, 0) is 25.3 Å². The van der Waals surface area contributed by atoms with Crippen molar-refractivity contribution in [1.82, 2.24) is 10.1 Å². The van der Waals surface area contributed by atoms with E-state index in [9.17, 15) is 4.79 Å². The van der Waals surface area contributed by atoms with Gasteiger partial charge in [-0.25, -0.2) is 0 Å². The Morgan fingerprint density at radius 3 is 2.45 bits per heavy atom. The van der Waals surface area contributed by atoms with Crippen LogP contribution >= 0.6 is 0 Å². The van der Waals surface area contributed by atoms with E-state index in [1.165, 1.54) is 5.56 Å². The quantitative estimate of drug-likeness (QED) is 0.838. The summed E-state index contributed by atoms with van der Waals surface area (Å²) < 4.78 is 5.26. The largest absolute Gasteiger partial charge is 0.339 e. The highest BCUT2D eigenvalue weighted by molar-refractivity contribution is 5.82. The molecule has 0 aliphatic rings. The average molecular weight is 272 g/mol. The van der Waals surface area contributed by atoms with E-state index >= 15 is 0 Å². The molecule has 2 aromatic rings. The molecule has 0 saturated carbocycles. The Morgan fingerprint density at radius 2 is 1.90 bits per heavy atom. The van der Waals surface area contributed by atoms with E-state index in [-0.39, 0.29) is 17.6 Å². The summed E-state index contributed by atoms with van der Waals surface area (Å²) in [6.45, 7) is 7.58. The first-order valence-electron chi connectivity index (χ1n) is 6.86. The summed E-state index contributed by atoms with van der Waals surface area (Å²) in [7, 11) is 0. The second kappa shape index (κ2) is 5.99. The van der Waals surface area contributed by atoms with Gasteiger partial charge in [-0.1, -0.05) is 48.8 Å². The van der Waals surface area contributed by atoms with E-state index in [2.05, 4.69) is 41.3 Å². The van der Waals surface area contributed by atoms with E-state index in [0.29, 0.717) is 18.1 Å². The summed E-state index contributed by atoms with van der Waals surface area (Å²) >= 11 is 0. The van der Waals surface area contributed by atoms with Crippen LogP contribution < -0.4 is 0 Å². The van der Waals surface area contributed by atoms with Gasteiger partial charge in [0.25, 0.3) is 0 Å². The first-order valence-corrected chi connectivity index (χ1v) is 6.86. The molecule has 0 radical (unpaired) electrons. The topological polar surface area (TPSA) is 56.0 Å². The van der Waals surface area contributed by atoms with Crippen LogP contribution in [0.4, 0.5) is 0 Å². The van der Waals surface area contributed by atoms with Crippen LogP contribution in [0.2, 0.25) is 0 Å². The fraction of sp³-hybridized carbons (Fsp3) is 0.438. The molecule has 1 unspecified atom stereocenters. The molecular weight excluding hydrogens is 252 g/mol. The lowest BCUT2D eigenvalue weighted by atomic mass is 9.92. The molecule has 4 heteroatoms. The molecule has 1 aromatic heterocycles. The van der Waals surface area contributed by atoms with E-state index in [4.69, 9.17) is 4.52 Å². The minimum absolute atomic E-state index is 0.0607. The zero-order chi connectivity index (χ0) is 14.7. The number of rotatable bonds is 5. The zero-order valence-electron chi connectivity index (χ0n) is 12.4. The van der Waals surface area contributed by atoms with Crippen molar-refractivity contribution in [3.63, 3.8) is 0 Å². The van der Waals surface area contributed by atoms with Crippen LogP contribution in [0, 0.1) is 12.8 Å². The zero-order valence-corrected chi connectivity index (χ0v) is 12.4. The summed E-state index contributed by atoms with van der Waals surface area (Å²) in [5.74, 6) is 0.949. The number of carbonyl (C=O) groups excluding carboxylic acids is 1. The highest BCUT2D eigenvalue weighted by atomic mass is 16.5. The molecule has 0 bridgehead atoms. The van der Waals surface area contributed by atoms with E-state index in [1.54, 1.807) is 6.92 Å². The normalized spacial score (nSPS) is 12.7. The number of ketones is 1.